The second-order valence-electron chi connectivity index (χ2n) is 5.27. The van der Waals surface area contributed by atoms with Gasteiger partial charge >= 0.3 is 6.18 Å². The Labute approximate surface area is 119 Å². The van der Waals surface area contributed by atoms with E-state index in [1.807, 2.05) is 0 Å². The van der Waals surface area contributed by atoms with Gasteiger partial charge in [0.25, 0.3) is 0 Å². The maximum absolute atomic E-state index is 13.4. The van der Waals surface area contributed by atoms with E-state index in [0.717, 1.165) is 0 Å². The quantitative estimate of drug-likeness (QED) is 0.841. The molecule has 1 aliphatic rings. The van der Waals surface area contributed by atoms with Gasteiger partial charge in [-0.25, -0.2) is 4.39 Å². The maximum atomic E-state index is 13.4. The van der Waals surface area contributed by atoms with Gasteiger partial charge in [0.2, 0.25) is 5.91 Å². The third kappa shape index (κ3) is 3.02. The Morgan fingerprint density at radius 2 is 2.14 bits per heavy atom. The molecule has 0 radical (unpaired) electrons. The van der Waals surface area contributed by atoms with E-state index in [9.17, 15) is 22.4 Å². The van der Waals surface area contributed by atoms with Crippen LogP contribution in [0.4, 0.5) is 17.6 Å². The van der Waals surface area contributed by atoms with Crippen LogP contribution in [-0.2, 0) is 11.3 Å². The van der Waals surface area contributed by atoms with Gasteiger partial charge in [-0.15, -0.1) is 0 Å². The Kier molecular flexibility index (Phi) is 4.22. The Bertz CT molecular complexity index is 536. The van der Waals surface area contributed by atoms with Crippen molar-refractivity contribution in [2.45, 2.75) is 26.1 Å². The number of carbonyl (C=O) groups excluding carboxylic acids is 1. The highest BCUT2D eigenvalue weighted by atomic mass is 19.4. The minimum Gasteiger partial charge on any atom is -0.351 e. The summed E-state index contributed by atoms with van der Waals surface area (Å²) in [4.78, 5) is 12.0. The predicted molar refractivity (Wildman–Crippen MR) is 69.0 cm³/mol. The third-order valence-electron chi connectivity index (χ3n) is 3.82. The molecule has 1 atom stereocenters. The number of hydrogen-bond acceptors (Lipinski definition) is 2. The van der Waals surface area contributed by atoms with Gasteiger partial charge in [-0.05, 0) is 37.1 Å². The maximum Gasteiger partial charge on any atom is 0.404 e. The van der Waals surface area contributed by atoms with Crippen LogP contribution in [0.3, 0.4) is 0 Å². The number of alkyl halides is 3. The number of hydrogen-bond donors (Lipinski definition) is 2. The van der Waals surface area contributed by atoms with Gasteiger partial charge < -0.3 is 10.6 Å². The number of rotatable bonds is 3. The van der Waals surface area contributed by atoms with Gasteiger partial charge in [-0.3, -0.25) is 4.79 Å². The zero-order chi connectivity index (χ0) is 15.7. The molecular weight excluding hydrogens is 288 g/mol. The molecule has 0 bridgehead atoms. The zero-order valence-electron chi connectivity index (χ0n) is 11.5. The molecule has 116 valence electrons. The number of nitrogens with one attached hydrogen (secondary N) is 2. The molecule has 0 saturated carbocycles. The van der Waals surface area contributed by atoms with Crippen molar-refractivity contribution in [3.8, 4) is 0 Å². The zero-order valence-corrected chi connectivity index (χ0v) is 11.5. The van der Waals surface area contributed by atoms with Crippen LogP contribution in [0.5, 0.6) is 0 Å². The minimum atomic E-state index is -4.61. The summed E-state index contributed by atoms with van der Waals surface area (Å²) in [5, 5.41) is 4.84. The van der Waals surface area contributed by atoms with Gasteiger partial charge in [0.05, 0.1) is 0 Å². The molecule has 0 aliphatic carbocycles. The summed E-state index contributed by atoms with van der Waals surface area (Å²) in [5.74, 6) is -1.52. The summed E-state index contributed by atoms with van der Waals surface area (Å²) in [5.41, 5.74) is -1.53. The van der Waals surface area contributed by atoms with Crippen molar-refractivity contribution in [2.75, 3.05) is 13.1 Å². The van der Waals surface area contributed by atoms with E-state index < -0.39 is 29.9 Å². The molecule has 1 saturated heterocycles. The first kappa shape index (κ1) is 15.8. The molecule has 0 aromatic heterocycles. The predicted octanol–water partition coefficient (Wildman–Crippen LogP) is 2.29. The summed E-state index contributed by atoms with van der Waals surface area (Å²) in [6.07, 6.45) is -4.90. The summed E-state index contributed by atoms with van der Waals surface area (Å²) < 4.78 is 52.8. The molecule has 21 heavy (non-hydrogen) atoms. The van der Waals surface area contributed by atoms with E-state index in [2.05, 4.69) is 10.6 Å². The van der Waals surface area contributed by atoms with Gasteiger partial charge in [0.15, 0.2) is 5.41 Å². The highest BCUT2D eigenvalue weighted by Crippen LogP contribution is 2.43. The highest BCUT2D eigenvalue weighted by molar-refractivity contribution is 5.84. The topological polar surface area (TPSA) is 41.1 Å². The number of carbonyl (C=O) groups is 1. The summed E-state index contributed by atoms with van der Waals surface area (Å²) in [7, 11) is 0. The lowest BCUT2D eigenvalue weighted by Gasteiger charge is -2.29. The van der Waals surface area contributed by atoms with E-state index >= 15 is 0 Å². The lowest BCUT2D eigenvalue weighted by atomic mass is 9.85. The second-order valence-corrected chi connectivity index (χ2v) is 5.27. The molecule has 2 rings (SSSR count). The van der Waals surface area contributed by atoms with Crippen LogP contribution in [0, 0.1) is 18.2 Å². The SMILES string of the molecule is Cc1ccc(CNC(=O)C2(C(F)(F)F)CCNC2)cc1F. The number of benzene rings is 1. The van der Waals surface area contributed by atoms with Gasteiger partial charge in [0.1, 0.15) is 5.82 Å². The van der Waals surface area contributed by atoms with Crippen LogP contribution < -0.4 is 10.6 Å². The largest absolute Gasteiger partial charge is 0.404 e. The average molecular weight is 304 g/mol. The van der Waals surface area contributed by atoms with Gasteiger partial charge in [0, 0.05) is 13.1 Å². The van der Waals surface area contributed by atoms with E-state index in [0.29, 0.717) is 11.1 Å². The second kappa shape index (κ2) is 5.63. The van der Waals surface area contributed by atoms with Crippen LogP contribution in [-0.4, -0.2) is 25.2 Å². The average Bonchev–Trinajstić information content (AvgIpc) is 2.90. The smallest absolute Gasteiger partial charge is 0.351 e. The highest BCUT2D eigenvalue weighted by Gasteiger charge is 2.61. The minimum absolute atomic E-state index is 0.131. The first-order chi connectivity index (χ1) is 9.76. The van der Waals surface area contributed by atoms with Crippen molar-refractivity contribution in [1.29, 1.82) is 0 Å². The van der Waals surface area contributed by atoms with Crippen molar-refractivity contribution in [1.82, 2.24) is 10.6 Å². The van der Waals surface area contributed by atoms with Gasteiger partial charge in [-0.2, -0.15) is 13.2 Å². The first-order valence-corrected chi connectivity index (χ1v) is 6.57. The normalized spacial score (nSPS) is 22.3. The standard InChI is InChI=1S/C14H16F4N2O/c1-9-2-3-10(6-11(9)15)7-20-12(21)13(14(16,17)18)4-5-19-8-13/h2-3,6,19H,4-5,7-8H2,1H3,(H,20,21). The molecule has 1 heterocycles. The summed E-state index contributed by atoms with van der Waals surface area (Å²) in [6.45, 7) is 1.17. The Morgan fingerprint density at radius 3 is 2.67 bits per heavy atom. The number of aryl methyl sites for hydroxylation is 1. The van der Waals surface area contributed by atoms with Crippen molar-refractivity contribution in [3.63, 3.8) is 0 Å². The van der Waals surface area contributed by atoms with Crippen molar-refractivity contribution in [3.05, 3.63) is 35.1 Å². The van der Waals surface area contributed by atoms with Crippen molar-refractivity contribution in [2.24, 2.45) is 5.41 Å². The van der Waals surface area contributed by atoms with E-state index in [-0.39, 0.29) is 19.5 Å². The van der Waals surface area contributed by atoms with E-state index in [4.69, 9.17) is 0 Å². The van der Waals surface area contributed by atoms with Crippen LogP contribution in [0.15, 0.2) is 18.2 Å². The van der Waals surface area contributed by atoms with Crippen LogP contribution in [0.25, 0.3) is 0 Å². The van der Waals surface area contributed by atoms with Crippen LogP contribution in [0.1, 0.15) is 17.5 Å². The Balaban J connectivity index is 2.08. The summed E-state index contributed by atoms with van der Waals surface area (Å²) in [6, 6.07) is 4.31. The fraction of sp³-hybridized carbons (Fsp3) is 0.500. The molecule has 1 unspecified atom stereocenters. The van der Waals surface area contributed by atoms with E-state index in [1.165, 1.54) is 12.1 Å². The molecule has 1 aromatic carbocycles. The third-order valence-corrected chi connectivity index (χ3v) is 3.82. The molecule has 1 amide bonds. The van der Waals surface area contributed by atoms with Crippen LogP contribution in [0.2, 0.25) is 0 Å². The molecule has 3 nitrogen and oxygen atoms in total. The first-order valence-electron chi connectivity index (χ1n) is 6.57. The fourth-order valence-corrected chi connectivity index (χ4v) is 2.35. The van der Waals surface area contributed by atoms with Crippen LogP contribution >= 0.6 is 0 Å². The lowest BCUT2D eigenvalue weighted by molar-refractivity contribution is -0.216. The van der Waals surface area contributed by atoms with Gasteiger partial charge in [-0.1, -0.05) is 12.1 Å². The Morgan fingerprint density at radius 1 is 1.43 bits per heavy atom. The fourth-order valence-electron chi connectivity index (χ4n) is 2.35. The molecule has 2 N–H and O–H groups in total. The summed E-state index contributed by atoms with van der Waals surface area (Å²) >= 11 is 0. The Hall–Kier alpha value is -1.63. The molecular formula is C14H16F4N2O. The lowest BCUT2D eigenvalue weighted by Crippen LogP contribution is -2.52. The molecule has 1 aromatic rings. The van der Waals surface area contributed by atoms with Crippen molar-refractivity contribution >= 4 is 5.91 Å². The van der Waals surface area contributed by atoms with Crippen molar-refractivity contribution < 1.29 is 22.4 Å². The number of halogens is 4. The molecule has 0 spiro atoms. The monoisotopic (exact) mass is 304 g/mol. The molecule has 1 aliphatic heterocycles. The molecule has 1 fully saturated rings. The molecule has 7 heteroatoms. The van der Waals surface area contributed by atoms with E-state index in [1.54, 1.807) is 13.0 Å². The number of amides is 1.